The van der Waals surface area contributed by atoms with Crippen LogP contribution in [-0.4, -0.2) is 52.1 Å². The number of morpholine rings is 1. The summed E-state index contributed by atoms with van der Waals surface area (Å²) in [7, 11) is -1.80. The molecule has 1 unspecified atom stereocenters. The lowest BCUT2D eigenvalue weighted by atomic mass is 10.2. The number of likely N-dealkylation sites (N-methyl/N-ethyl adjacent to an activating group) is 1. The van der Waals surface area contributed by atoms with Crippen molar-refractivity contribution in [3.8, 4) is 6.07 Å². The van der Waals surface area contributed by atoms with Gasteiger partial charge in [-0.2, -0.15) is 9.57 Å². The first-order chi connectivity index (χ1) is 9.98. The molecule has 0 spiro atoms. The zero-order valence-electron chi connectivity index (χ0n) is 12.2. The van der Waals surface area contributed by atoms with Gasteiger partial charge in [0.15, 0.2) is 0 Å². The van der Waals surface area contributed by atoms with Gasteiger partial charge < -0.3 is 10.1 Å². The molecule has 0 aromatic heterocycles. The minimum absolute atomic E-state index is 0.155. The van der Waals surface area contributed by atoms with Gasteiger partial charge in [0, 0.05) is 19.6 Å². The molecule has 0 radical (unpaired) electrons. The quantitative estimate of drug-likeness (QED) is 0.874. The van der Waals surface area contributed by atoms with Crippen LogP contribution in [0.1, 0.15) is 11.1 Å². The summed E-state index contributed by atoms with van der Waals surface area (Å²) in [6.07, 6.45) is -0.155. The van der Waals surface area contributed by atoms with Crippen LogP contribution in [0.15, 0.2) is 23.1 Å². The maximum atomic E-state index is 12.8. The molecule has 0 saturated carbocycles. The molecule has 1 aromatic carbocycles. The molecule has 0 amide bonds. The third kappa shape index (κ3) is 3.41. The summed E-state index contributed by atoms with van der Waals surface area (Å²) in [5.74, 6) is 0. The fraction of sp³-hybridized carbons (Fsp3) is 0.500. The van der Waals surface area contributed by atoms with E-state index in [9.17, 15) is 8.42 Å². The average Bonchev–Trinajstić information content (AvgIpc) is 2.48. The average molecular weight is 309 g/mol. The third-order valence-electron chi connectivity index (χ3n) is 3.47. The van der Waals surface area contributed by atoms with Crippen molar-refractivity contribution in [2.45, 2.75) is 17.9 Å². The maximum absolute atomic E-state index is 12.8. The van der Waals surface area contributed by atoms with E-state index in [4.69, 9.17) is 10.00 Å². The number of benzene rings is 1. The molecule has 0 aliphatic carbocycles. The van der Waals surface area contributed by atoms with Crippen molar-refractivity contribution >= 4 is 10.0 Å². The first-order valence-corrected chi connectivity index (χ1v) is 8.20. The highest BCUT2D eigenvalue weighted by Crippen LogP contribution is 2.23. The summed E-state index contributed by atoms with van der Waals surface area (Å²) < 4.78 is 32.5. The summed E-state index contributed by atoms with van der Waals surface area (Å²) in [5.41, 5.74) is 0.991. The highest BCUT2D eigenvalue weighted by Gasteiger charge is 2.31. The van der Waals surface area contributed by atoms with Gasteiger partial charge in [0.05, 0.1) is 29.2 Å². The molecule has 1 N–H and O–H groups in total. The molecule has 114 valence electrons. The Morgan fingerprint density at radius 3 is 2.95 bits per heavy atom. The number of ether oxygens (including phenoxy) is 1. The molecule has 0 bridgehead atoms. The Morgan fingerprint density at radius 2 is 2.29 bits per heavy atom. The van der Waals surface area contributed by atoms with Crippen molar-refractivity contribution in [2.24, 2.45) is 0 Å². The number of aryl methyl sites for hydroxylation is 1. The minimum atomic E-state index is -3.60. The molecular formula is C14H19N3O3S. The molecule has 1 aromatic rings. The number of nitrogens with one attached hydrogen (secondary N) is 1. The Morgan fingerprint density at radius 1 is 1.52 bits per heavy atom. The van der Waals surface area contributed by atoms with E-state index in [1.807, 2.05) is 6.07 Å². The second-order valence-electron chi connectivity index (χ2n) is 5.01. The van der Waals surface area contributed by atoms with E-state index in [0.717, 1.165) is 0 Å². The second kappa shape index (κ2) is 6.54. The van der Waals surface area contributed by atoms with E-state index in [0.29, 0.717) is 37.4 Å². The van der Waals surface area contributed by atoms with E-state index in [1.165, 1.54) is 10.4 Å². The monoisotopic (exact) mass is 309 g/mol. The summed E-state index contributed by atoms with van der Waals surface area (Å²) in [5, 5.41) is 11.9. The van der Waals surface area contributed by atoms with Crippen LogP contribution >= 0.6 is 0 Å². The van der Waals surface area contributed by atoms with Crippen LogP contribution < -0.4 is 5.32 Å². The van der Waals surface area contributed by atoms with Gasteiger partial charge in [0.2, 0.25) is 10.0 Å². The Balaban J connectivity index is 2.31. The fourth-order valence-electron chi connectivity index (χ4n) is 2.35. The Kier molecular flexibility index (Phi) is 4.96. The topological polar surface area (TPSA) is 82.4 Å². The van der Waals surface area contributed by atoms with Crippen LogP contribution in [0.2, 0.25) is 0 Å². The number of hydrogen-bond donors (Lipinski definition) is 1. The predicted molar refractivity (Wildman–Crippen MR) is 78.3 cm³/mol. The van der Waals surface area contributed by atoms with Gasteiger partial charge in [-0.25, -0.2) is 8.42 Å². The molecule has 1 heterocycles. The van der Waals surface area contributed by atoms with Gasteiger partial charge >= 0.3 is 0 Å². The largest absolute Gasteiger partial charge is 0.374 e. The Labute approximate surface area is 125 Å². The summed E-state index contributed by atoms with van der Waals surface area (Å²) in [6.45, 7) is 3.36. The predicted octanol–water partition coefficient (Wildman–Crippen LogP) is 0.476. The van der Waals surface area contributed by atoms with Crippen LogP contribution in [0.5, 0.6) is 0 Å². The van der Waals surface area contributed by atoms with Gasteiger partial charge in [-0.3, -0.25) is 0 Å². The van der Waals surface area contributed by atoms with Crippen molar-refractivity contribution in [1.82, 2.24) is 9.62 Å². The zero-order valence-corrected chi connectivity index (χ0v) is 13.0. The smallest absolute Gasteiger partial charge is 0.243 e. The van der Waals surface area contributed by atoms with Crippen LogP contribution in [0.3, 0.4) is 0 Å². The number of nitrogens with zero attached hydrogens (tertiary/aromatic N) is 2. The normalized spacial score (nSPS) is 20.1. The van der Waals surface area contributed by atoms with Crippen LogP contribution in [0.25, 0.3) is 0 Å². The van der Waals surface area contributed by atoms with Gasteiger partial charge in [-0.15, -0.1) is 0 Å². The molecule has 1 saturated heterocycles. The lowest BCUT2D eigenvalue weighted by molar-refractivity contribution is 0.000813. The first kappa shape index (κ1) is 15.9. The van der Waals surface area contributed by atoms with Crippen LogP contribution in [0.4, 0.5) is 0 Å². The third-order valence-corrected chi connectivity index (χ3v) is 5.48. The molecule has 1 fully saturated rings. The SMILES string of the molecule is CNCC1CN(S(=O)(=O)c2cc(C#N)ccc2C)CCO1. The van der Waals surface area contributed by atoms with Crippen molar-refractivity contribution in [1.29, 1.82) is 5.26 Å². The van der Waals surface area contributed by atoms with Crippen molar-refractivity contribution in [2.75, 3.05) is 33.3 Å². The molecule has 7 heteroatoms. The van der Waals surface area contributed by atoms with E-state index < -0.39 is 10.0 Å². The lowest BCUT2D eigenvalue weighted by Gasteiger charge is -2.32. The number of nitriles is 1. The van der Waals surface area contributed by atoms with E-state index in [1.54, 1.807) is 26.1 Å². The van der Waals surface area contributed by atoms with E-state index in [2.05, 4.69) is 5.32 Å². The fourth-order valence-corrected chi connectivity index (χ4v) is 4.05. The molecule has 1 aliphatic rings. The molecular weight excluding hydrogens is 290 g/mol. The summed E-state index contributed by atoms with van der Waals surface area (Å²) in [6, 6.07) is 6.70. The second-order valence-corrected chi connectivity index (χ2v) is 6.91. The molecule has 6 nitrogen and oxygen atoms in total. The van der Waals surface area contributed by atoms with Crippen molar-refractivity contribution in [3.63, 3.8) is 0 Å². The van der Waals surface area contributed by atoms with Gasteiger partial charge in [-0.1, -0.05) is 6.07 Å². The van der Waals surface area contributed by atoms with Crippen LogP contribution in [0, 0.1) is 18.3 Å². The highest BCUT2D eigenvalue weighted by molar-refractivity contribution is 7.89. The van der Waals surface area contributed by atoms with Gasteiger partial charge in [0.1, 0.15) is 0 Å². The molecule has 21 heavy (non-hydrogen) atoms. The van der Waals surface area contributed by atoms with Crippen LogP contribution in [-0.2, 0) is 14.8 Å². The molecule has 1 atom stereocenters. The van der Waals surface area contributed by atoms with Gasteiger partial charge in [0.25, 0.3) is 0 Å². The number of sulfonamides is 1. The lowest BCUT2D eigenvalue weighted by Crippen LogP contribution is -2.48. The maximum Gasteiger partial charge on any atom is 0.243 e. The molecule has 1 aliphatic heterocycles. The van der Waals surface area contributed by atoms with Gasteiger partial charge in [-0.05, 0) is 31.7 Å². The first-order valence-electron chi connectivity index (χ1n) is 6.76. The zero-order chi connectivity index (χ0) is 15.5. The summed E-state index contributed by atoms with van der Waals surface area (Å²) >= 11 is 0. The number of rotatable bonds is 4. The highest BCUT2D eigenvalue weighted by atomic mass is 32.2. The molecule has 2 rings (SSSR count). The van der Waals surface area contributed by atoms with E-state index in [-0.39, 0.29) is 11.0 Å². The standard InChI is InChI=1S/C14H19N3O3S/c1-11-3-4-12(8-15)7-14(11)21(18,19)17-5-6-20-13(10-17)9-16-2/h3-4,7,13,16H,5-6,9-10H2,1-2H3. The Bertz CT molecular complexity index is 650. The summed E-state index contributed by atoms with van der Waals surface area (Å²) in [4.78, 5) is 0.201. The number of hydrogen-bond acceptors (Lipinski definition) is 5. The van der Waals surface area contributed by atoms with Crippen molar-refractivity contribution < 1.29 is 13.2 Å². The minimum Gasteiger partial charge on any atom is -0.374 e. The van der Waals surface area contributed by atoms with Crippen molar-refractivity contribution in [3.05, 3.63) is 29.3 Å². The Hall–Kier alpha value is -1.46. The van der Waals surface area contributed by atoms with E-state index >= 15 is 0 Å².